The van der Waals surface area contributed by atoms with Crippen LogP contribution in [0.5, 0.6) is 0 Å². The Hall–Kier alpha value is -0.160. The molecule has 76 valence electrons. The summed E-state index contributed by atoms with van der Waals surface area (Å²) in [5, 5.41) is 0. The molecule has 0 bridgehead atoms. The molecule has 4 heteroatoms. The molecule has 13 heavy (non-hydrogen) atoms. The normalized spacial score (nSPS) is 32.5. The summed E-state index contributed by atoms with van der Waals surface area (Å²) in [6.45, 7) is 3.07. The zero-order chi connectivity index (χ0) is 9.10. The van der Waals surface area contributed by atoms with Gasteiger partial charge in [0.25, 0.3) is 0 Å². The Morgan fingerprint density at radius 1 is 1.23 bits per heavy atom. The Labute approximate surface area is 78.3 Å². The van der Waals surface area contributed by atoms with Crippen molar-refractivity contribution < 1.29 is 14.2 Å². The predicted octanol–water partition coefficient (Wildman–Crippen LogP) is 0.113. The molecule has 2 unspecified atom stereocenters. The molecule has 2 aliphatic rings. The third-order valence-corrected chi connectivity index (χ3v) is 2.73. The molecule has 2 atom stereocenters. The lowest BCUT2D eigenvalue weighted by Gasteiger charge is -2.20. The topological polar surface area (TPSA) is 53.7 Å². The average Bonchev–Trinajstić information content (AvgIpc) is 2.74. The van der Waals surface area contributed by atoms with Crippen molar-refractivity contribution in [3.05, 3.63) is 0 Å². The van der Waals surface area contributed by atoms with Crippen LogP contribution in [-0.2, 0) is 14.2 Å². The maximum Gasteiger partial charge on any atom is 0.159 e. The summed E-state index contributed by atoms with van der Waals surface area (Å²) < 4.78 is 16.0. The molecule has 4 nitrogen and oxygen atoms in total. The predicted molar refractivity (Wildman–Crippen MR) is 47.2 cm³/mol. The highest BCUT2D eigenvalue weighted by Gasteiger charge is 2.27. The van der Waals surface area contributed by atoms with Gasteiger partial charge in [0.05, 0.1) is 19.8 Å². The van der Waals surface area contributed by atoms with Crippen molar-refractivity contribution in [1.82, 2.24) is 0 Å². The minimum atomic E-state index is -0.0735. The van der Waals surface area contributed by atoms with Crippen LogP contribution in [0.2, 0.25) is 0 Å². The van der Waals surface area contributed by atoms with E-state index in [0.29, 0.717) is 19.1 Å². The molecule has 0 saturated carbocycles. The van der Waals surface area contributed by atoms with Crippen LogP contribution in [-0.4, -0.2) is 38.8 Å². The molecular weight excluding hydrogens is 170 g/mol. The van der Waals surface area contributed by atoms with E-state index in [1.165, 1.54) is 0 Å². The van der Waals surface area contributed by atoms with E-state index in [1.807, 2.05) is 0 Å². The van der Waals surface area contributed by atoms with Gasteiger partial charge in [0, 0.05) is 19.1 Å². The van der Waals surface area contributed by atoms with Gasteiger partial charge in [-0.25, -0.2) is 0 Å². The van der Waals surface area contributed by atoms with Gasteiger partial charge in [-0.05, 0) is 12.3 Å². The van der Waals surface area contributed by atoms with Crippen molar-refractivity contribution in [2.45, 2.75) is 25.2 Å². The summed E-state index contributed by atoms with van der Waals surface area (Å²) in [4.78, 5) is 0. The van der Waals surface area contributed by atoms with Crippen LogP contribution in [0.1, 0.15) is 12.8 Å². The molecule has 2 N–H and O–H groups in total. The maximum atomic E-state index is 6.02. The highest BCUT2D eigenvalue weighted by molar-refractivity contribution is 4.77. The minimum Gasteiger partial charge on any atom is -0.381 e. The molecule has 2 rings (SSSR count). The van der Waals surface area contributed by atoms with E-state index in [0.717, 1.165) is 26.1 Å². The number of nitrogens with two attached hydrogens (primary N) is 1. The van der Waals surface area contributed by atoms with Crippen molar-refractivity contribution in [2.75, 3.05) is 26.4 Å². The average molecular weight is 187 g/mol. The SMILES string of the molecule is NC(CC1OCCO1)C1CCOC1. The molecule has 0 aliphatic carbocycles. The standard InChI is InChI=1S/C9H17NO3/c10-8(7-1-2-11-6-7)5-9-12-3-4-13-9/h7-9H,1-6,10H2. The summed E-state index contributed by atoms with van der Waals surface area (Å²) in [7, 11) is 0. The molecule has 0 amide bonds. The molecule has 2 fully saturated rings. The Bertz CT molecular complexity index is 153. The monoisotopic (exact) mass is 187 g/mol. The van der Waals surface area contributed by atoms with E-state index in [9.17, 15) is 0 Å². The van der Waals surface area contributed by atoms with Gasteiger partial charge < -0.3 is 19.9 Å². The van der Waals surface area contributed by atoms with Crippen molar-refractivity contribution in [3.8, 4) is 0 Å². The molecule has 2 saturated heterocycles. The summed E-state index contributed by atoms with van der Waals surface area (Å²) in [5.41, 5.74) is 6.02. The quantitative estimate of drug-likeness (QED) is 0.681. The molecular formula is C9H17NO3. The zero-order valence-electron chi connectivity index (χ0n) is 7.78. The summed E-state index contributed by atoms with van der Waals surface area (Å²) in [6, 6.07) is 0.158. The maximum absolute atomic E-state index is 6.02. The van der Waals surface area contributed by atoms with Crippen LogP contribution in [0.3, 0.4) is 0 Å². The summed E-state index contributed by atoms with van der Waals surface area (Å²) in [6.07, 6.45) is 1.80. The highest BCUT2D eigenvalue weighted by Crippen LogP contribution is 2.20. The fraction of sp³-hybridized carbons (Fsp3) is 1.00. The fourth-order valence-corrected chi connectivity index (χ4v) is 1.85. The molecule has 0 aromatic rings. The summed E-state index contributed by atoms with van der Waals surface area (Å²) in [5.74, 6) is 0.493. The first-order chi connectivity index (χ1) is 6.36. The molecule has 0 radical (unpaired) electrons. The van der Waals surface area contributed by atoms with Crippen LogP contribution in [0, 0.1) is 5.92 Å². The van der Waals surface area contributed by atoms with Crippen LogP contribution in [0.15, 0.2) is 0 Å². The molecule has 0 spiro atoms. The Morgan fingerprint density at radius 2 is 2.00 bits per heavy atom. The second kappa shape index (κ2) is 4.37. The third kappa shape index (κ3) is 2.40. The van der Waals surface area contributed by atoms with E-state index in [1.54, 1.807) is 0 Å². The fourth-order valence-electron chi connectivity index (χ4n) is 1.85. The van der Waals surface area contributed by atoms with Crippen LogP contribution in [0.25, 0.3) is 0 Å². The van der Waals surface area contributed by atoms with Crippen LogP contribution >= 0.6 is 0 Å². The van der Waals surface area contributed by atoms with Crippen molar-refractivity contribution in [2.24, 2.45) is 11.7 Å². The minimum absolute atomic E-state index is 0.0735. The number of ether oxygens (including phenoxy) is 3. The van der Waals surface area contributed by atoms with Crippen LogP contribution in [0.4, 0.5) is 0 Å². The molecule has 2 heterocycles. The second-order valence-corrected chi connectivity index (χ2v) is 3.69. The smallest absolute Gasteiger partial charge is 0.159 e. The third-order valence-electron chi connectivity index (χ3n) is 2.73. The first kappa shape index (κ1) is 9.40. The first-order valence-electron chi connectivity index (χ1n) is 4.93. The largest absolute Gasteiger partial charge is 0.381 e. The van der Waals surface area contributed by atoms with Gasteiger partial charge in [-0.15, -0.1) is 0 Å². The van der Waals surface area contributed by atoms with E-state index in [2.05, 4.69) is 0 Å². The van der Waals surface area contributed by atoms with Gasteiger partial charge in [0.2, 0.25) is 0 Å². The van der Waals surface area contributed by atoms with Crippen LogP contribution < -0.4 is 5.73 Å². The lowest BCUT2D eigenvalue weighted by molar-refractivity contribution is -0.0538. The Morgan fingerprint density at radius 3 is 2.62 bits per heavy atom. The van der Waals surface area contributed by atoms with Crippen molar-refractivity contribution >= 4 is 0 Å². The van der Waals surface area contributed by atoms with E-state index < -0.39 is 0 Å². The lowest BCUT2D eigenvalue weighted by Crippen LogP contribution is -2.34. The Kier molecular flexibility index (Phi) is 3.16. The summed E-state index contributed by atoms with van der Waals surface area (Å²) >= 11 is 0. The second-order valence-electron chi connectivity index (χ2n) is 3.69. The van der Waals surface area contributed by atoms with Gasteiger partial charge in [0.15, 0.2) is 6.29 Å². The lowest BCUT2D eigenvalue weighted by atomic mass is 9.97. The van der Waals surface area contributed by atoms with E-state index in [4.69, 9.17) is 19.9 Å². The highest BCUT2D eigenvalue weighted by atomic mass is 16.7. The van der Waals surface area contributed by atoms with Gasteiger partial charge >= 0.3 is 0 Å². The van der Waals surface area contributed by atoms with Gasteiger partial charge in [-0.1, -0.05) is 0 Å². The number of hydrogen-bond donors (Lipinski definition) is 1. The molecule has 2 aliphatic heterocycles. The Balaban J connectivity index is 1.73. The van der Waals surface area contributed by atoms with Gasteiger partial charge in [-0.2, -0.15) is 0 Å². The molecule has 0 aromatic carbocycles. The van der Waals surface area contributed by atoms with E-state index in [-0.39, 0.29) is 12.3 Å². The van der Waals surface area contributed by atoms with E-state index >= 15 is 0 Å². The zero-order valence-corrected chi connectivity index (χ0v) is 7.78. The van der Waals surface area contributed by atoms with Gasteiger partial charge in [-0.3, -0.25) is 0 Å². The van der Waals surface area contributed by atoms with Crippen molar-refractivity contribution in [3.63, 3.8) is 0 Å². The number of rotatable bonds is 3. The van der Waals surface area contributed by atoms with Gasteiger partial charge in [0.1, 0.15) is 0 Å². The number of hydrogen-bond acceptors (Lipinski definition) is 4. The van der Waals surface area contributed by atoms with Crippen molar-refractivity contribution in [1.29, 1.82) is 0 Å². The first-order valence-corrected chi connectivity index (χ1v) is 4.93. The molecule has 0 aromatic heterocycles.